The molecule has 1 saturated heterocycles. The molecular formula is C20H20Cl2N2O5. The van der Waals surface area contributed by atoms with Crippen LogP contribution in [0.4, 0.5) is 5.69 Å². The average molecular weight is 439 g/mol. The zero-order valence-electron chi connectivity index (χ0n) is 15.6. The summed E-state index contributed by atoms with van der Waals surface area (Å²) < 4.78 is 4.94. The molecule has 3 aliphatic rings. The Morgan fingerprint density at radius 3 is 2.17 bits per heavy atom. The minimum atomic E-state index is -0.817. The summed E-state index contributed by atoms with van der Waals surface area (Å²) in [5.74, 6) is -3.44. The lowest BCUT2D eigenvalue weighted by atomic mass is 9.80. The van der Waals surface area contributed by atoms with Crippen LogP contribution in [0.15, 0.2) is 24.3 Å². The lowest BCUT2D eigenvalue weighted by molar-refractivity contribution is -0.154. The van der Waals surface area contributed by atoms with Gasteiger partial charge in [-0.05, 0) is 37.3 Å². The molecule has 0 aromatic heterocycles. The Kier molecular flexibility index (Phi) is 5.29. The van der Waals surface area contributed by atoms with Crippen molar-refractivity contribution >= 4 is 52.6 Å². The summed E-state index contributed by atoms with van der Waals surface area (Å²) in [6.45, 7) is 0.908. The summed E-state index contributed by atoms with van der Waals surface area (Å²) in [4.78, 5) is 50.4. The van der Waals surface area contributed by atoms with Crippen molar-refractivity contribution in [3.05, 3.63) is 29.8 Å². The molecule has 1 aromatic carbocycles. The summed E-state index contributed by atoms with van der Waals surface area (Å²) in [5, 5.41) is 1.90. The van der Waals surface area contributed by atoms with Gasteiger partial charge in [0.05, 0.1) is 22.6 Å². The Labute approximate surface area is 177 Å². The van der Waals surface area contributed by atoms with E-state index in [0.717, 1.165) is 10.5 Å². The predicted molar refractivity (Wildman–Crippen MR) is 105 cm³/mol. The van der Waals surface area contributed by atoms with Gasteiger partial charge in [0.15, 0.2) is 6.61 Å². The second kappa shape index (κ2) is 7.61. The monoisotopic (exact) mass is 438 g/mol. The minimum Gasteiger partial charge on any atom is -0.454 e. The molecule has 2 bridgehead atoms. The molecule has 9 heteroatoms. The topological polar surface area (TPSA) is 92.8 Å². The molecule has 1 N–H and O–H groups in total. The molecule has 2 aliphatic carbocycles. The number of imide groups is 1. The third-order valence-electron chi connectivity index (χ3n) is 6.07. The summed E-state index contributed by atoms with van der Waals surface area (Å²) in [7, 11) is 0. The van der Waals surface area contributed by atoms with Gasteiger partial charge in [-0.2, -0.15) is 0 Å². The number of nitrogens with zero attached hydrogens (tertiary/aromatic N) is 1. The molecule has 1 aliphatic heterocycles. The van der Waals surface area contributed by atoms with Gasteiger partial charge in [-0.3, -0.25) is 24.1 Å². The van der Waals surface area contributed by atoms with E-state index in [0.29, 0.717) is 12.1 Å². The second-order valence-corrected chi connectivity index (χ2v) is 8.85. The Balaban J connectivity index is 1.31. The molecular weight excluding hydrogens is 419 g/mol. The van der Waals surface area contributed by atoms with Crippen LogP contribution in [0.25, 0.3) is 0 Å². The number of likely N-dealkylation sites (tertiary alicyclic amines) is 1. The molecule has 1 aromatic rings. The third kappa shape index (κ3) is 3.51. The van der Waals surface area contributed by atoms with Crippen LogP contribution in [0.2, 0.25) is 0 Å². The molecule has 154 valence electrons. The highest BCUT2D eigenvalue weighted by Gasteiger charge is 2.66. The largest absolute Gasteiger partial charge is 0.454 e. The molecule has 29 heavy (non-hydrogen) atoms. The Morgan fingerprint density at radius 2 is 1.62 bits per heavy atom. The number of rotatable bonds is 5. The number of ether oxygens (including phenoxy) is 1. The van der Waals surface area contributed by atoms with Gasteiger partial charge in [0.1, 0.15) is 6.54 Å². The van der Waals surface area contributed by atoms with Gasteiger partial charge in [0, 0.05) is 5.69 Å². The highest BCUT2D eigenvalue weighted by Crippen LogP contribution is 2.59. The Hall–Kier alpha value is -2.12. The molecule has 3 fully saturated rings. The van der Waals surface area contributed by atoms with Crippen molar-refractivity contribution in [3.63, 3.8) is 0 Å². The number of halogens is 2. The first kappa shape index (κ1) is 20.2. The van der Waals surface area contributed by atoms with E-state index in [1.54, 1.807) is 12.1 Å². The lowest BCUT2D eigenvalue weighted by Crippen LogP contribution is -2.38. The van der Waals surface area contributed by atoms with Gasteiger partial charge in [0.2, 0.25) is 11.8 Å². The molecule has 2 saturated carbocycles. The number of alkyl halides is 2. The SMILES string of the molecule is Cc1ccc(NC(=O)COC(=O)CN2C(=O)[C@@H]3[C@H]4C[C@@H]([C@H](Cl)[C@H]4Cl)[C@H]3C2=O)cc1. The highest BCUT2D eigenvalue weighted by atomic mass is 35.5. The Morgan fingerprint density at radius 1 is 1.07 bits per heavy atom. The number of benzene rings is 1. The molecule has 3 amide bonds. The highest BCUT2D eigenvalue weighted by molar-refractivity contribution is 6.31. The van der Waals surface area contributed by atoms with Gasteiger partial charge in [-0.1, -0.05) is 17.7 Å². The molecule has 0 unspecified atom stereocenters. The number of hydrogen-bond donors (Lipinski definition) is 1. The van der Waals surface area contributed by atoms with E-state index in [-0.39, 0.29) is 22.6 Å². The van der Waals surface area contributed by atoms with Crippen LogP contribution in [0.5, 0.6) is 0 Å². The maximum absolute atomic E-state index is 12.7. The molecule has 0 spiro atoms. The lowest BCUT2D eigenvalue weighted by Gasteiger charge is -2.28. The van der Waals surface area contributed by atoms with Crippen LogP contribution < -0.4 is 5.32 Å². The van der Waals surface area contributed by atoms with Gasteiger partial charge in [-0.25, -0.2) is 0 Å². The molecule has 1 heterocycles. The third-order valence-corrected chi connectivity index (χ3v) is 7.38. The van der Waals surface area contributed by atoms with E-state index in [1.165, 1.54) is 0 Å². The number of hydrogen-bond acceptors (Lipinski definition) is 5. The Bertz CT molecular complexity index is 842. The second-order valence-electron chi connectivity index (χ2n) is 7.84. The van der Waals surface area contributed by atoms with Crippen molar-refractivity contribution in [2.45, 2.75) is 24.1 Å². The van der Waals surface area contributed by atoms with E-state index >= 15 is 0 Å². The van der Waals surface area contributed by atoms with Crippen molar-refractivity contribution in [2.24, 2.45) is 23.7 Å². The number of carbonyl (C=O) groups is 4. The number of esters is 1. The van der Waals surface area contributed by atoms with Crippen LogP contribution in [0.1, 0.15) is 12.0 Å². The quantitative estimate of drug-likeness (QED) is 0.430. The summed E-state index contributed by atoms with van der Waals surface area (Å²) in [5.41, 5.74) is 1.63. The van der Waals surface area contributed by atoms with E-state index in [9.17, 15) is 19.2 Å². The smallest absolute Gasteiger partial charge is 0.326 e. The fourth-order valence-electron chi connectivity index (χ4n) is 4.72. The molecule has 4 rings (SSSR count). The number of fused-ring (bicyclic) bond motifs is 5. The van der Waals surface area contributed by atoms with Crippen molar-refractivity contribution in [1.82, 2.24) is 4.90 Å². The van der Waals surface area contributed by atoms with Crippen molar-refractivity contribution in [2.75, 3.05) is 18.5 Å². The van der Waals surface area contributed by atoms with Gasteiger partial charge >= 0.3 is 5.97 Å². The van der Waals surface area contributed by atoms with E-state index < -0.39 is 48.7 Å². The minimum absolute atomic E-state index is 0.146. The summed E-state index contributed by atoms with van der Waals surface area (Å²) in [6.07, 6.45) is 0.659. The van der Waals surface area contributed by atoms with E-state index in [4.69, 9.17) is 27.9 Å². The molecule has 7 nitrogen and oxygen atoms in total. The zero-order chi connectivity index (χ0) is 20.9. The van der Waals surface area contributed by atoms with Crippen molar-refractivity contribution in [1.29, 1.82) is 0 Å². The van der Waals surface area contributed by atoms with Crippen molar-refractivity contribution in [3.8, 4) is 0 Å². The first-order valence-electron chi connectivity index (χ1n) is 9.43. The average Bonchev–Trinajstić information content (AvgIpc) is 3.29. The van der Waals surface area contributed by atoms with E-state index in [2.05, 4.69) is 5.32 Å². The maximum Gasteiger partial charge on any atom is 0.326 e. The number of amides is 3. The van der Waals surface area contributed by atoms with Gasteiger partial charge < -0.3 is 10.1 Å². The zero-order valence-corrected chi connectivity index (χ0v) is 17.2. The van der Waals surface area contributed by atoms with Crippen molar-refractivity contribution < 1.29 is 23.9 Å². The van der Waals surface area contributed by atoms with Gasteiger partial charge in [0.25, 0.3) is 5.91 Å². The number of aryl methyl sites for hydroxylation is 1. The van der Waals surface area contributed by atoms with Crippen LogP contribution in [-0.4, -0.2) is 52.5 Å². The van der Waals surface area contributed by atoms with Crippen LogP contribution in [-0.2, 0) is 23.9 Å². The number of anilines is 1. The fourth-order valence-corrected chi connectivity index (χ4v) is 5.61. The fraction of sp³-hybridized carbons (Fsp3) is 0.500. The normalized spacial score (nSPS) is 32.4. The number of carbonyl (C=O) groups excluding carboxylic acids is 4. The molecule has 0 radical (unpaired) electrons. The predicted octanol–water partition coefficient (Wildman–Crippen LogP) is 1.94. The summed E-state index contributed by atoms with van der Waals surface area (Å²) >= 11 is 12.6. The number of nitrogens with one attached hydrogen (secondary N) is 1. The first-order valence-corrected chi connectivity index (χ1v) is 10.3. The van der Waals surface area contributed by atoms with Crippen LogP contribution in [0, 0.1) is 30.6 Å². The molecule has 6 atom stereocenters. The van der Waals surface area contributed by atoms with E-state index in [1.807, 2.05) is 19.1 Å². The standard InChI is InChI=1S/C20H20Cl2N2O5/c1-9-2-4-10(5-3-9)23-13(25)8-29-14(26)7-24-19(27)15-11-6-12(16(15)20(24)28)18(22)17(11)21/h2-5,11-12,15-18H,6-8H2,1H3,(H,23,25)/t11-,12-,15-,16-,17+,18+/m1/s1. The maximum atomic E-state index is 12.7. The van der Waals surface area contributed by atoms with Crippen LogP contribution in [0.3, 0.4) is 0 Å². The van der Waals surface area contributed by atoms with Gasteiger partial charge in [-0.15, -0.1) is 23.2 Å². The van der Waals surface area contributed by atoms with Crippen LogP contribution >= 0.6 is 23.2 Å². The summed E-state index contributed by atoms with van der Waals surface area (Å²) in [6, 6.07) is 7.15. The first-order chi connectivity index (χ1) is 13.8.